The highest BCUT2D eigenvalue weighted by atomic mass is 16.5. The van der Waals surface area contributed by atoms with Crippen molar-refractivity contribution in [2.75, 3.05) is 31.8 Å². The van der Waals surface area contributed by atoms with E-state index in [9.17, 15) is 0 Å². The number of nitrogens with zero attached hydrogens (tertiary/aromatic N) is 2. The minimum atomic E-state index is 0.935. The zero-order chi connectivity index (χ0) is 16.4. The van der Waals surface area contributed by atoms with E-state index < -0.39 is 0 Å². The van der Waals surface area contributed by atoms with Gasteiger partial charge in [0.15, 0.2) is 0 Å². The summed E-state index contributed by atoms with van der Waals surface area (Å²) in [5, 5.41) is 0. The van der Waals surface area contributed by atoms with Gasteiger partial charge in [0.05, 0.1) is 13.8 Å². The van der Waals surface area contributed by atoms with Crippen LogP contribution in [0.2, 0.25) is 0 Å². The fourth-order valence-electron chi connectivity index (χ4n) is 3.70. The molecule has 0 radical (unpaired) electrons. The molecular formula is C20H26N2O. The first-order valence-electron chi connectivity index (χ1n) is 8.25. The van der Waals surface area contributed by atoms with Gasteiger partial charge in [0.2, 0.25) is 0 Å². The van der Waals surface area contributed by atoms with Gasteiger partial charge in [-0.25, -0.2) is 0 Å². The molecule has 0 bridgehead atoms. The molecule has 0 aromatic heterocycles. The first-order chi connectivity index (χ1) is 11.1. The van der Waals surface area contributed by atoms with Crippen molar-refractivity contribution in [2.45, 2.75) is 27.3 Å². The zero-order valence-corrected chi connectivity index (χ0v) is 14.6. The summed E-state index contributed by atoms with van der Waals surface area (Å²) in [6, 6.07) is 12.9. The van der Waals surface area contributed by atoms with Crippen LogP contribution < -0.4 is 9.64 Å². The average Bonchev–Trinajstić information content (AvgIpc) is 2.95. The molecule has 2 aromatic carbocycles. The van der Waals surface area contributed by atoms with Crippen LogP contribution in [0.1, 0.15) is 22.3 Å². The Morgan fingerprint density at radius 2 is 1.70 bits per heavy atom. The Morgan fingerprint density at radius 3 is 2.39 bits per heavy atom. The van der Waals surface area contributed by atoms with Gasteiger partial charge in [-0.15, -0.1) is 0 Å². The maximum Gasteiger partial charge on any atom is 0.123 e. The van der Waals surface area contributed by atoms with Crippen molar-refractivity contribution in [3.63, 3.8) is 0 Å². The highest BCUT2D eigenvalue weighted by Gasteiger charge is 2.23. The molecule has 0 unspecified atom stereocenters. The molecule has 23 heavy (non-hydrogen) atoms. The van der Waals surface area contributed by atoms with E-state index in [2.05, 4.69) is 54.8 Å². The molecule has 3 heteroatoms. The smallest absolute Gasteiger partial charge is 0.123 e. The predicted octanol–water partition coefficient (Wildman–Crippen LogP) is 3.90. The quantitative estimate of drug-likeness (QED) is 0.852. The van der Waals surface area contributed by atoms with Crippen molar-refractivity contribution in [3.8, 4) is 5.75 Å². The third-order valence-electron chi connectivity index (χ3n) is 4.59. The number of rotatable bonds is 4. The fourth-order valence-corrected chi connectivity index (χ4v) is 3.70. The summed E-state index contributed by atoms with van der Waals surface area (Å²) in [4.78, 5) is 4.98. The van der Waals surface area contributed by atoms with Crippen molar-refractivity contribution in [3.05, 3.63) is 58.7 Å². The van der Waals surface area contributed by atoms with Crippen LogP contribution >= 0.6 is 0 Å². The number of hydrogen-bond acceptors (Lipinski definition) is 3. The highest BCUT2D eigenvalue weighted by molar-refractivity contribution is 5.60. The molecular weight excluding hydrogens is 284 g/mol. The lowest BCUT2D eigenvalue weighted by atomic mass is 10.0. The number of anilines is 1. The van der Waals surface area contributed by atoms with Crippen LogP contribution in [0, 0.1) is 20.8 Å². The van der Waals surface area contributed by atoms with Crippen LogP contribution in [-0.4, -0.2) is 31.8 Å². The molecule has 1 fully saturated rings. The van der Waals surface area contributed by atoms with Gasteiger partial charge in [-0.2, -0.15) is 0 Å². The van der Waals surface area contributed by atoms with Crippen LogP contribution in [-0.2, 0) is 6.54 Å². The van der Waals surface area contributed by atoms with E-state index in [1.54, 1.807) is 7.11 Å². The third-order valence-corrected chi connectivity index (χ3v) is 4.59. The molecule has 0 N–H and O–H groups in total. The van der Waals surface area contributed by atoms with Crippen molar-refractivity contribution < 1.29 is 4.74 Å². The summed E-state index contributed by atoms with van der Waals surface area (Å²) < 4.78 is 5.48. The third kappa shape index (κ3) is 3.35. The number of hydrogen-bond donors (Lipinski definition) is 0. The molecule has 1 saturated heterocycles. The molecule has 0 saturated carbocycles. The average molecular weight is 310 g/mol. The lowest BCUT2D eigenvalue weighted by molar-refractivity contribution is 0.323. The molecule has 1 aliphatic rings. The molecule has 0 aliphatic carbocycles. The molecule has 0 spiro atoms. The minimum Gasteiger partial charge on any atom is -0.496 e. The minimum absolute atomic E-state index is 0.935. The van der Waals surface area contributed by atoms with Gasteiger partial charge < -0.3 is 9.64 Å². The van der Waals surface area contributed by atoms with Crippen molar-refractivity contribution in [1.29, 1.82) is 0 Å². The summed E-state index contributed by atoms with van der Waals surface area (Å²) in [5.74, 6) is 0.980. The molecule has 1 heterocycles. The normalized spacial score (nSPS) is 15.2. The first kappa shape index (κ1) is 15.9. The lowest BCUT2D eigenvalue weighted by Gasteiger charge is -2.24. The Labute approximate surface area is 139 Å². The molecule has 122 valence electrons. The molecule has 3 rings (SSSR count). The molecule has 1 aliphatic heterocycles. The number of aryl methyl sites for hydroxylation is 3. The monoisotopic (exact) mass is 310 g/mol. The summed E-state index contributed by atoms with van der Waals surface area (Å²) in [7, 11) is 1.74. The van der Waals surface area contributed by atoms with Crippen molar-refractivity contribution >= 4 is 5.69 Å². The van der Waals surface area contributed by atoms with Gasteiger partial charge in [0, 0.05) is 30.9 Å². The first-order valence-corrected chi connectivity index (χ1v) is 8.25. The fraction of sp³-hybridized carbons (Fsp3) is 0.400. The van der Waals surface area contributed by atoms with E-state index in [-0.39, 0.29) is 0 Å². The van der Waals surface area contributed by atoms with Crippen molar-refractivity contribution in [2.24, 2.45) is 0 Å². The lowest BCUT2D eigenvalue weighted by Crippen LogP contribution is -2.26. The van der Waals surface area contributed by atoms with E-state index in [1.165, 1.54) is 27.9 Å². The van der Waals surface area contributed by atoms with Gasteiger partial charge in [-0.05, 0) is 38.0 Å². The van der Waals surface area contributed by atoms with Gasteiger partial charge in [-0.3, -0.25) is 4.90 Å². The van der Waals surface area contributed by atoms with E-state index in [0.717, 1.165) is 32.1 Å². The second kappa shape index (κ2) is 6.63. The van der Waals surface area contributed by atoms with Gasteiger partial charge in [0.25, 0.3) is 0 Å². The van der Waals surface area contributed by atoms with Crippen molar-refractivity contribution in [1.82, 2.24) is 4.90 Å². The Kier molecular flexibility index (Phi) is 4.58. The second-order valence-corrected chi connectivity index (χ2v) is 6.52. The topological polar surface area (TPSA) is 15.7 Å². The largest absolute Gasteiger partial charge is 0.496 e. The van der Waals surface area contributed by atoms with Crippen LogP contribution in [0.3, 0.4) is 0 Å². The van der Waals surface area contributed by atoms with E-state index in [0.29, 0.717) is 0 Å². The summed E-state index contributed by atoms with van der Waals surface area (Å²) >= 11 is 0. The number of benzene rings is 2. The van der Waals surface area contributed by atoms with Gasteiger partial charge >= 0.3 is 0 Å². The molecule has 0 amide bonds. The highest BCUT2D eigenvalue weighted by Crippen LogP contribution is 2.29. The van der Waals surface area contributed by atoms with Crippen LogP contribution in [0.25, 0.3) is 0 Å². The van der Waals surface area contributed by atoms with E-state index >= 15 is 0 Å². The van der Waals surface area contributed by atoms with Crippen LogP contribution in [0.15, 0.2) is 36.4 Å². The van der Waals surface area contributed by atoms with Gasteiger partial charge in [0.1, 0.15) is 5.75 Å². The zero-order valence-electron chi connectivity index (χ0n) is 14.6. The second-order valence-electron chi connectivity index (χ2n) is 6.52. The van der Waals surface area contributed by atoms with E-state index in [4.69, 9.17) is 4.74 Å². The van der Waals surface area contributed by atoms with E-state index in [1.807, 2.05) is 12.1 Å². The maximum atomic E-state index is 5.48. The number of ether oxygens (including phenoxy) is 1. The summed E-state index contributed by atoms with van der Waals surface area (Å²) in [6.45, 7) is 10.7. The molecule has 2 aromatic rings. The summed E-state index contributed by atoms with van der Waals surface area (Å²) in [6.07, 6.45) is 0. The Balaban J connectivity index is 1.74. The Bertz CT molecular complexity index is 673. The number of para-hydroxylation sites is 1. The van der Waals surface area contributed by atoms with Crippen LogP contribution in [0.4, 0.5) is 5.69 Å². The Morgan fingerprint density at radius 1 is 1.00 bits per heavy atom. The van der Waals surface area contributed by atoms with Gasteiger partial charge in [-0.1, -0.05) is 35.9 Å². The SMILES string of the molecule is COc1ccccc1CN1CCN(c2c(C)cc(C)cc2C)C1. The molecule has 0 atom stereocenters. The number of methoxy groups -OCH3 is 1. The Hall–Kier alpha value is -2.00. The maximum absolute atomic E-state index is 5.48. The summed E-state index contributed by atoms with van der Waals surface area (Å²) in [5.41, 5.74) is 6.75. The standard InChI is InChI=1S/C20H26N2O/c1-15-11-16(2)20(17(3)12-15)22-10-9-21(14-22)13-18-7-5-6-8-19(18)23-4/h5-8,11-12H,9-10,13-14H2,1-4H3. The predicted molar refractivity (Wildman–Crippen MR) is 96.3 cm³/mol. The van der Waals surface area contributed by atoms with Crippen LogP contribution in [0.5, 0.6) is 5.75 Å². The molecule has 3 nitrogen and oxygen atoms in total.